The molecule has 0 radical (unpaired) electrons. The molecule has 0 aromatic rings. The standard InChI is InChI=1S/C8H16ClN4.ClH/c9-2-1-3-13-6-10-4-12(8-13)5-11-7-13;/h1-2,10-11H,3-8H2;1H/q+1;/p-1/b2-1+;. The van der Waals surface area contributed by atoms with Crippen LogP contribution in [0.2, 0.25) is 0 Å². The zero-order valence-electron chi connectivity index (χ0n) is 8.05. The normalized spacial score (nSPS) is 36.8. The smallest absolute Gasteiger partial charge is 0.139 e. The van der Waals surface area contributed by atoms with Crippen molar-refractivity contribution in [3.8, 4) is 0 Å². The van der Waals surface area contributed by atoms with Crippen LogP contribution < -0.4 is 23.0 Å². The van der Waals surface area contributed by atoms with E-state index in [-0.39, 0.29) is 12.4 Å². The predicted molar refractivity (Wildman–Crippen MR) is 52.6 cm³/mol. The van der Waals surface area contributed by atoms with Gasteiger partial charge in [0.2, 0.25) is 0 Å². The van der Waals surface area contributed by atoms with Gasteiger partial charge in [-0.1, -0.05) is 11.6 Å². The molecule has 82 valence electrons. The maximum absolute atomic E-state index is 5.55. The highest BCUT2D eigenvalue weighted by Gasteiger charge is 2.35. The van der Waals surface area contributed by atoms with E-state index in [0.29, 0.717) is 0 Å². The average molecular weight is 239 g/mol. The summed E-state index contributed by atoms with van der Waals surface area (Å²) in [5.74, 6) is 0. The quantitative estimate of drug-likeness (QED) is 0.499. The van der Waals surface area contributed by atoms with Crippen LogP contribution in [0.4, 0.5) is 0 Å². The summed E-state index contributed by atoms with van der Waals surface area (Å²) < 4.78 is 1.03. The van der Waals surface area contributed by atoms with Gasteiger partial charge in [0.25, 0.3) is 0 Å². The van der Waals surface area contributed by atoms with Crippen LogP contribution in [0.5, 0.6) is 0 Å². The fourth-order valence-corrected chi connectivity index (χ4v) is 2.16. The Kier molecular flexibility index (Phi) is 4.63. The zero-order valence-corrected chi connectivity index (χ0v) is 9.56. The van der Waals surface area contributed by atoms with Crippen LogP contribution in [0.1, 0.15) is 0 Å². The molecule has 2 aliphatic rings. The monoisotopic (exact) mass is 238 g/mol. The fourth-order valence-electron chi connectivity index (χ4n) is 2.08. The summed E-state index contributed by atoms with van der Waals surface area (Å²) in [6.07, 6.45) is 2.03. The van der Waals surface area contributed by atoms with Crippen LogP contribution in [-0.4, -0.2) is 49.3 Å². The van der Waals surface area contributed by atoms with E-state index in [9.17, 15) is 0 Å². The van der Waals surface area contributed by atoms with Crippen molar-refractivity contribution in [2.45, 2.75) is 0 Å². The first-order chi connectivity index (χ1) is 6.35. The third-order valence-corrected chi connectivity index (χ3v) is 2.83. The number of halogens is 2. The molecule has 14 heavy (non-hydrogen) atoms. The number of rotatable bonds is 2. The van der Waals surface area contributed by atoms with Gasteiger partial charge in [0.05, 0.1) is 13.3 Å². The first-order valence-electron chi connectivity index (χ1n) is 4.59. The number of nitrogens with one attached hydrogen (secondary N) is 2. The minimum absolute atomic E-state index is 0. The lowest BCUT2D eigenvalue weighted by Crippen LogP contribution is -3.00. The summed E-state index contributed by atoms with van der Waals surface area (Å²) >= 11 is 5.55. The SMILES string of the molecule is Cl/C=C/C[N+]12CNCN(CNC1)C2.[Cl-]. The van der Waals surface area contributed by atoms with Crippen LogP contribution in [0.25, 0.3) is 0 Å². The van der Waals surface area contributed by atoms with Gasteiger partial charge in [-0.05, 0) is 6.08 Å². The van der Waals surface area contributed by atoms with Crippen molar-refractivity contribution in [1.29, 1.82) is 0 Å². The van der Waals surface area contributed by atoms with Gasteiger partial charge in [0, 0.05) is 5.54 Å². The molecule has 6 heteroatoms. The molecule has 2 bridgehead atoms. The van der Waals surface area contributed by atoms with Crippen LogP contribution in [0.3, 0.4) is 0 Å². The number of fused-ring (bicyclic) bond motifs is 2. The molecule has 0 amide bonds. The fraction of sp³-hybridized carbons (Fsp3) is 0.750. The van der Waals surface area contributed by atoms with Gasteiger partial charge in [-0.2, -0.15) is 0 Å². The second kappa shape index (κ2) is 5.30. The lowest BCUT2D eigenvalue weighted by Gasteiger charge is -2.49. The third-order valence-electron chi connectivity index (χ3n) is 2.65. The van der Waals surface area contributed by atoms with E-state index >= 15 is 0 Å². The molecule has 0 atom stereocenters. The molecular weight excluding hydrogens is 223 g/mol. The second-order valence-corrected chi connectivity index (χ2v) is 4.08. The molecule has 0 spiro atoms. The van der Waals surface area contributed by atoms with Crippen molar-refractivity contribution >= 4 is 11.6 Å². The van der Waals surface area contributed by atoms with Crippen molar-refractivity contribution in [2.75, 3.05) is 39.9 Å². The molecule has 0 aliphatic carbocycles. The summed E-state index contributed by atoms with van der Waals surface area (Å²) in [5, 5.41) is 6.84. The van der Waals surface area contributed by atoms with Gasteiger partial charge < -0.3 is 12.4 Å². The van der Waals surface area contributed by atoms with Crippen molar-refractivity contribution in [3.05, 3.63) is 11.6 Å². The molecule has 0 unspecified atom stereocenters. The van der Waals surface area contributed by atoms with Gasteiger partial charge >= 0.3 is 0 Å². The number of hydrogen-bond donors (Lipinski definition) is 2. The Labute approximate surface area is 95.9 Å². The molecule has 2 N–H and O–H groups in total. The summed E-state index contributed by atoms with van der Waals surface area (Å²) in [5.41, 5.74) is 1.61. The Morgan fingerprint density at radius 1 is 1.29 bits per heavy atom. The Morgan fingerprint density at radius 3 is 2.50 bits per heavy atom. The number of hydrogen-bond acceptors (Lipinski definition) is 3. The van der Waals surface area contributed by atoms with E-state index in [1.165, 1.54) is 0 Å². The molecular formula is C8H16Cl2N4. The lowest BCUT2D eigenvalue weighted by atomic mass is 10.3. The number of nitrogens with zero attached hydrogens (tertiary/aromatic N) is 2. The van der Waals surface area contributed by atoms with E-state index in [4.69, 9.17) is 11.6 Å². The van der Waals surface area contributed by atoms with Gasteiger partial charge in [-0.3, -0.25) is 15.1 Å². The summed E-state index contributed by atoms with van der Waals surface area (Å²) in [6, 6.07) is 0. The summed E-state index contributed by atoms with van der Waals surface area (Å²) in [4.78, 5) is 2.37. The minimum Gasteiger partial charge on any atom is -1.00 e. The first-order valence-corrected chi connectivity index (χ1v) is 5.02. The van der Waals surface area contributed by atoms with Gasteiger partial charge in [-0.15, -0.1) is 0 Å². The molecule has 0 aromatic carbocycles. The van der Waals surface area contributed by atoms with E-state index < -0.39 is 0 Å². The van der Waals surface area contributed by atoms with Gasteiger partial charge in [0.15, 0.2) is 0 Å². The zero-order chi connectivity index (χ0) is 9.15. The molecule has 4 nitrogen and oxygen atoms in total. The molecule has 2 rings (SSSR count). The first kappa shape index (κ1) is 12.2. The average Bonchev–Trinajstić information content (AvgIpc) is 2.15. The van der Waals surface area contributed by atoms with Crippen molar-refractivity contribution in [3.63, 3.8) is 0 Å². The lowest BCUT2D eigenvalue weighted by molar-refractivity contribution is -0.949. The molecule has 2 heterocycles. The predicted octanol–water partition coefficient (Wildman–Crippen LogP) is -3.14. The second-order valence-electron chi connectivity index (χ2n) is 3.83. The minimum atomic E-state index is 0. The van der Waals surface area contributed by atoms with Crippen LogP contribution in [0, 0.1) is 0 Å². The van der Waals surface area contributed by atoms with Crippen molar-refractivity contribution in [1.82, 2.24) is 15.5 Å². The third kappa shape index (κ3) is 2.59. The van der Waals surface area contributed by atoms with Crippen molar-refractivity contribution in [2.24, 2.45) is 0 Å². The summed E-state index contributed by atoms with van der Waals surface area (Å²) in [6.45, 7) is 6.19. The van der Waals surface area contributed by atoms with E-state index in [2.05, 4.69) is 15.5 Å². The Balaban J connectivity index is 0.000000980. The van der Waals surface area contributed by atoms with E-state index in [1.807, 2.05) is 6.08 Å². The molecule has 2 aliphatic heterocycles. The van der Waals surface area contributed by atoms with Crippen LogP contribution >= 0.6 is 11.6 Å². The Bertz CT molecular complexity index is 200. The maximum Gasteiger partial charge on any atom is 0.139 e. The Hall–Kier alpha value is 0.160. The van der Waals surface area contributed by atoms with Crippen LogP contribution in [0.15, 0.2) is 11.6 Å². The van der Waals surface area contributed by atoms with E-state index in [1.54, 1.807) is 5.54 Å². The highest BCUT2D eigenvalue weighted by Crippen LogP contribution is 2.13. The van der Waals surface area contributed by atoms with Gasteiger partial charge in [-0.25, -0.2) is 4.90 Å². The molecule has 0 saturated carbocycles. The molecule has 2 fully saturated rings. The van der Waals surface area contributed by atoms with Crippen LogP contribution in [-0.2, 0) is 0 Å². The van der Waals surface area contributed by atoms with E-state index in [0.717, 1.165) is 44.4 Å². The maximum atomic E-state index is 5.55. The van der Waals surface area contributed by atoms with Gasteiger partial charge in [0.1, 0.15) is 26.6 Å². The highest BCUT2D eigenvalue weighted by atomic mass is 35.5. The topological polar surface area (TPSA) is 27.3 Å². The summed E-state index contributed by atoms with van der Waals surface area (Å²) in [7, 11) is 0. The Morgan fingerprint density at radius 2 is 1.93 bits per heavy atom. The highest BCUT2D eigenvalue weighted by molar-refractivity contribution is 6.25. The van der Waals surface area contributed by atoms with Crippen molar-refractivity contribution < 1.29 is 16.9 Å². The molecule has 0 aromatic heterocycles. The molecule has 2 saturated heterocycles. The largest absolute Gasteiger partial charge is 1.00 e. The number of quaternary nitrogens is 1.